The van der Waals surface area contributed by atoms with E-state index in [4.69, 9.17) is 17.3 Å². The lowest BCUT2D eigenvalue weighted by atomic mass is 9.86. The molecular formula is C9H15Cl2NS. The predicted octanol–water partition coefficient (Wildman–Crippen LogP) is 3.87. The van der Waals surface area contributed by atoms with Crippen LogP contribution in [0.1, 0.15) is 31.7 Å². The third-order valence-electron chi connectivity index (χ3n) is 1.86. The zero-order chi connectivity index (χ0) is 9.35. The Hall–Kier alpha value is 0.240. The van der Waals surface area contributed by atoms with Gasteiger partial charge < -0.3 is 5.73 Å². The molecule has 0 amide bonds. The molecule has 1 nitrogen and oxygen atoms in total. The number of hydrogen-bond donors (Lipinski definition) is 1. The Bertz CT molecular complexity index is 265. The molecule has 0 aliphatic rings. The Labute approximate surface area is 94.7 Å². The molecule has 76 valence electrons. The summed E-state index contributed by atoms with van der Waals surface area (Å²) in [5.74, 6) is 0. The van der Waals surface area contributed by atoms with Gasteiger partial charge in [-0.15, -0.1) is 23.7 Å². The van der Waals surface area contributed by atoms with Crippen LogP contribution in [0.4, 0.5) is 0 Å². The van der Waals surface area contributed by atoms with Gasteiger partial charge in [0.1, 0.15) is 0 Å². The highest BCUT2D eigenvalue weighted by Crippen LogP contribution is 2.37. The van der Waals surface area contributed by atoms with Gasteiger partial charge in [0.25, 0.3) is 0 Å². The van der Waals surface area contributed by atoms with E-state index in [1.54, 1.807) is 11.3 Å². The van der Waals surface area contributed by atoms with Gasteiger partial charge in [0.05, 0.1) is 5.02 Å². The minimum absolute atomic E-state index is 0. The van der Waals surface area contributed by atoms with Crippen molar-refractivity contribution in [3.63, 3.8) is 0 Å². The summed E-state index contributed by atoms with van der Waals surface area (Å²) in [5, 5.41) is 2.77. The van der Waals surface area contributed by atoms with Gasteiger partial charge in [-0.2, -0.15) is 0 Å². The fourth-order valence-corrected chi connectivity index (χ4v) is 2.34. The average Bonchev–Trinajstić information content (AvgIpc) is 2.31. The van der Waals surface area contributed by atoms with Crippen molar-refractivity contribution < 1.29 is 0 Å². The minimum Gasteiger partial charge on any atom is -0.323 e. The van der Waals surface area contributed by atoms with Crippen LogP contribution in [0, 0.1) is 5.41 Å². The first-order valence-electron chi connectivity index (χ1n) is 3.91. The lowest BCUT2D eigenvalue weighted by molar-refractivity contribution is 0.331. The topological polar surface area (TPSA) is 26.0 Å². The standard InChI is InChI=1S/C9H14ClNS.ClH/c1-9(2,3)8(11)7-6(10)4-5-12-7;/h4-5,8H,11H2,1-3H3;1H/t8-;/m0./s1. The summed E-state index contributed by atoms with van der Waals surface area (Å²) in [4.78, 5) is 1.09. The molecule has 0 unspecified atom stereocenters. The van der Waals surface area contributed by atoms with Gasteiger partial charge in [0, 0.05) is 10.9 Å². The van der Waals surface area contributed by atoms with Crippen molar-refractivity contribution in [2.24, 2.45) is 11.1 Å². The van der Waals surface area contributed by atoms with Crippen molar-refractivity contribution in [1.82, 2.24) is 0 Å². The van der Waals surface area contributed by atoms with Crippen LogP contribution in [0.2, 0.25) is 5.02 Å². The van der Waals surface area contributed by atoms with Crippen LogP contribution in [0.5, 0.6) is 0 Å². The quantitative estimate of drug-likeness (QED) is 0.792. The molecule has 2 N–H and O–H groups in total. The molecule has 13 heavy (non-hydrogen) atoms. The molecule has 0 radical (unpaired) electrons. The Morgan fingerprint density at radius 1 is 1.46 bits per heavy atom. The maximum atomic E-state index is 6.04. The third-order valence-corrected chi connectivity index (χ3v) is 3.30. The summed E-state index contributed by atoms with van der Waals surface area (Å²) < 4.78 is 0. The first kappa shape index (κ1) is 13.2. The molecular weight excluding hydrogens is 225 g/mol. The van der Waals surface area contributed by atoms with Gasteiger partial charge >= 0.3 is 0 Å². The fourth-order valence-electron chi connectivity index (χ4n) is 0.921. The van der Waals surface area contributed by atoms with E-state index in [1.165, 1.54) is 0 Å². The number of hydrogen-bond acceptors (Lipinski definition) is 2. The second kappa shape index (κ2) is 4.65. The molecule has 0 fully saturated rings. The summed E-state index contributed by atoms with van der Waals surface area (Å²) in [6, 6.07) is 1.93. The van der Waals surface area contributed by atoms with E-state index >= 15 is 0 Å². The molecule has 0 saturated carbocycles. The summed E-state index contributed by atoms with van der Waals surface area (Å²) in [6.07, 6.45) is 0. The van der Waals surface area contributed by atoms with Crippen molar-refractivity contribution >= 4 is 35.3 Å². The van der Waals surface area contributed by atoms with Crippen LogP contribution >= 0.6 is 35.3 Å². The molecule has 0 saturated heterocycles. The molecule has 0 aliphatic heterocycles. The van der Waals surface area contributed by atoms with Crippen molar-refractivity contribution in [3.05, 3.63) is 21.3 Å². The first-order valence-corrected chi connectivity index (χ1v) is 5.17. The Balaban J connectivity index is 0.00000144. The first-order chi connectivity index (χ1) is 5.43. The van der Waals surface area contributed by atoms with Gasteiger partial charge in [-0.3, -0.25) is 0 Å². The van der Waals surface area contributed by atoms with E-state index in [9.17, 15) is 0 Å². The van der Waals surface area contributed by atoms with Gasteiger partial charge in [0.15, 0.2) is 0 Å². The number of nitrogens with two attached hydrogens (primary N) is 1. The number of thiophene rings is 1. The third kappa shape index (κ3) is 3.13. The van der Waals surface area contributed by atoms with Crippen molar-refractivity contribution in [2.75, 3.05) is 0 Å². The molecule has 0 aromatic carbocycles. The Morgan fingerprint density at radius 3 is 2.31 bits per heavy atom. The Kier molecular flexibility index (Phi) is 4.73. The van der Waals surface area contributed by atoms with Crippen LogP contribution in [0.15, 0.2) is 11.4 Å². The second-order valence-corrected chi connectivity index (χ2v) is 5.33. The van der Waals surface area contributed by atoms with Crippen LogP contribution < -0.4 is 5.73 Å². The summed E-state index contributed by atoms with van der Waals surface area (Å²) in [7, 11) is 0. The van der Waals surface area contributed by atoms with E-state index in [1.807, 2.05) is 11.4 Å². The number of rotatable bonds is 1. The van der Waals surface area contributed by atoms with Gasteiger partial charge in [-0.1, -0.05) is 32.4 Å². The minimum atomic E-state index is 0. The largest absolute Gasteiger partial charge is 0.323 e. The molecule has 0 bridgehead atoms. The summed E-state index contributed by atoms with van der Waals surface area (Å²) in [6.45, 7) is 6.36. The van der Waals surface area contributed by atoms with E-state index < -0.39 is 0 Å². The predicted molar refractivity (Wildman–Crippen MR) is 63.0 cm³/mol. The van der Waals surface area contributed by atoms with Gasteiger partial charge in [-0.05, 0) is 16.9 Å². The van der Waals surface area contributed by atoms with Crippen molar-refractivity contribution in [1.29, 1.82) is 0 Å². The van der Waals surface area contributed by atoms with E-state index in [2.05, 4.69) is 20.8 Å². The maximum Gasteiger partial charge on any atom is 0.0561 e. The highest BCUT2D eigenvalue weighted by Gasteiger charge is 2.24. The fraction of sp³-hybridized carbons (Fsp3) is 0.556. The number of halogens is 2. The normalized spacial score (nSPS) is 13.6. The SMILES string of the molecule is CC(C)(C)[C@@H](N)c1sccc1Cl.Cl. The van der Waals surface area contributed by atoms with Crippen LogP contribution in [-0.2, 0) is 0 Å². The lowest BCUT2D eigenvalue weighted by Gasteiger charge is -2.26. The van der Waals surface area contributed by atoms with E-state index in [0.29, 0.717) is 0 Å². The molecule has 1 aromatic rings. The zero-order valence-corrected chi connectivity index (χ0v) is 10.4. The van der Waals surface area contributed by atoms with Crippen LogP contribution in [0.25, 0.3) is 0 Å². The molecule has 1 rings (SSSR count). The lowest BCUT2D eigenvalue weighted by Crippen LogP contribution is -2.25. The molecule has 1 heterocycles. The average molecular weight is 240 g/mol. The molecule has 4 heteroatoms. The molecule has 0 spiro atoms. The maximum absolute atomic E-state index is 6.04. The molecule has 1 aromatic heterocycles. The zero-order valence-electron chi connectivity index (χ0n) is 8.00. The van der Waals surface area contributed by atoms with Crippen LogP contribution in [0.3, 0.4) is 0 Å². The monoisotopic (exact) mass is 239 g/mol. The second-order valence-electron chi connectivity index (χ2n) is 3.98. The Morgan fingerprint density at radius 2 is 2.00 bits per heavy atom. The van der Waals surface area contributed by atoms with Crippen molar-refractivity contribution in [2.45, 2.75) is 26.8 Å². The molecule has 1 atom stereocenters. The van der Waals surface area contributed by atoms with E-state index in [-0.39, 0.29) is 23.9 Å². The van der Waals surface area contributed by atoms with Crippen LogP contribution in [-0.4, -0.2) is 0 Å². The summed E-state index contributed by atoms with van der Waals surface area (Å²) >= 11 is 7.60. The van der Waals surface area contributed by atoms with E-state index in [0.717, 1.165) is 9.90 Å². The highest BCUT2D eigenvalue weighted by atomic mass is 35.5. The molecule has 0 aliphatic carbocycles. The highest BCUT2D eigenvalue weighted by molar-refractivity contribution is 7.10. The van der Waals surface area contributed by atoms with Gasteiger partial charge in [0.2, 0.25) is 0 Å². The van der Waals surface area contributed by atoms with Crippen molar-refractivity contribution in [3.8, 4) is 0 Å². The van der Waals surface area contributed by atoms with Gasteiger partial charge in [-0.25, -0.2) is 0 Å². The smallest absolute Gasteiger partial charge is 0.0561 e. The summed E-state index contributed by atoms with van der Waals surface area (Å²) in [5.41, 5.74) is 6.12.